The summed E-state index contributed by atoms with van der Waals surface area (Å²) in [5.74, 6) is -2.44. The van der Waals surface area contributed by atoms with E-state index in [4.69, 9.17) is 5.11 Å². The lowest BCUT2D eigenvalue weighted by Gasteiger charge is -2.18. The largest absolute Gasteiger partial charge is 0.481 e. The summed E-state index contributed by atoms with van der Waals surface area (Å²) in [6.07, 6.45) is -2.30. The minimum absolute atomic E-state index is 0.111. The molecule has 8 nitrogen and oxygen atoms in total. The molecule has 0 saturated heterocycles. The van der Waals surface area contributed by atoms with Gasteiger partial charge in [0.15, 0.2) is 5.69 Å². The second kappa shape index (κ2) is 12.7. The summed E-state index contributed by atoms with van der Waals surface area (Å²) in [6, 6.07) is 11.5. The molecule has 0 aliphatic heterocycles. The minimum atomic E-state index is -1.19. The number of carboxylic acids is 1. The summed E-state index contributed by atoms with van der Waals surface area (Å²) in [4.78, 5) is 25.9. The van der Waals surface area contributed by atoms with Crippen LogP contribution in [0.5, 0.6) is 0 Å². The summed E-state index contributed by atoms with van der Waals surface area (Å²) in [5, 5.41) is 33.8. The van der Waals surface area contributed by atoms with Crippen molar-refractivity contribution >= 4 is 11.9 Å². The lowest BCUT2D eigenvalue weighted by atomic mass is 9.95. The van der Waals surface area contributed by atoms with Gasteiger partial charge in [-0.3, -0.25) is 9.59 Å². The Kier molecular flexibility index (Phi) is 9.71. The Morgan fingerprint density at radius 3 is 2.11 bits per heavy atom. The number of carboxylic acid groups (broad SMARTS) is 1. The van der Waals surface area contributed by atoms with E-state index in [1.807, 2.05) is 13.8 Å². The van der Waals surface area contributed by atoms with Gasteiger partial charge in [-0.05, 0) is 67.1 Å². The number of rotatable bonds is 12. The van der Waals surface area contributed by atoms with Crippen molar-refractivity contribution in [3.63, 3.8) is 0 Å². The maximum atomic E-state index is 13.6. The zero-order valence-electron chi connectivity index (χ0n) is 21.6. The highest BCUT2D eigenvalue weighted by molar-refractivity contribution is 5.94. The zero-order valence-corrected chi connectivity index (χ0v) is 21.6. The van der Waals surface area contributed by atoms with E-state index in [1.54, 1.807) is 36.0 Å². The van der Waals surface area contributed by atoms with E-state index in [0.29, 0.717) is 16.9 Å². The molecule has 0 saturated carbocycles. The Hall–Kier alpha value is -3.63. The number of aliphatic hydroxyl groups excluding tert-OH is 2. The molecule has 1 heterocycles. The summed E-state index contributed by atoms with van der Waals surface area (Å²) < 4.78 is 28.5. The number of halogens is 2. The van der Waals surface area contributed by atoms with Crippen molar-refractivity contribution in [3.05, 3.63) is 82.7 Å². The van der Waals surface area contributed by atoms with Crippen molar-refractivity contribution in [1.29, 1.82) is 0 Å². The van der Waals surface area contributed by atoms with Gasteiger partial charge in [0.1, 0.15) is 11.6 Å². The van der Waals surface area contributed by atoms with Gasteiger partial charge in [-0.2, -0.15) is 5.10 Å². The van der Waals surface area contributed by atoms with Gasteiger partial charge in [-0.1, -0.05) is 26.0 Å². The minimum Gasteiger partial charge on any atom is -0.481 e. The van der Waals surface area contributed by atoms with Crippen LogP contribution in [0.4, 0.5) is 8.78 Å². The number of aliphatic hydroxyl groups is 2. The molecule has 1 amide bonds. The molecule has 1 aromatic heterocycles. The highest BCUT2D eigenvalue weighted by atomic mass is 19.1. The quantitative estimate of drug-likeness (QED) is 0.326. The number of hydrogen-bond donors (Lipinski definition) is 3. The molecule has 3 rings (SSSR count). The summed E-state index contributed by atoms with van der Waals surface area (Å²) >= 11 is 0. The zero-order chi connectivity index (χ0) is 28.0. The average molecular weight is 530 g/mol. The molecule has 0 aliphatic rings. The van der Waals surface area contributed by atoms with Crippen molar-refractivity contribution in [1.82, 2.24) is 14.7 Å². The Bertz CT molecular complexity index is 1240. The van der Waals surface area contributed by atoms with E-state index in [9.17, 15) is 28.6 Å². The third kappa shape index (κ3) is 7.45. The number of carbonyl (C=O) groups is 2. The van der Waals surface area contributed by atoms with Crippen molar-refractivity contribution in [2.45, 2.75) is 64.2 Å². The van der Waals surface area contributed by atoms with Crippen LogP contribution in [0.15, 0.2) is 48.5 Å². The van der Waals surface area contributed by atoms with Crippen LogP contribution in [0, 0.1) is 11.6 Å². The average Bonchev–Trinajstić information content (AvgIpc) is 3.23. The fraction of sp³-hybridized carbons (Fsp3) is 0.393. The molecular weight excluding hydrogens is 496 g/mol. The standard InChI is InChI=1S/C28H33F2N3O5/c1-17(2)26-24(13-12-22(34)14-23(35)15-25(36)37)33(21-10-8-20(30)9-11-21)31-27(26)28(38)32(3)16-18-4-6-19(29)7-5-18/h4-11,17,22-23,34-35H,12-16H2,1-3H3,(H,36,37). The highest BCUT2D eigenvalue weighted by Crippen LogP contribution is 2.29. The molecule has 2 unspecified atom stereocenters. The van der Waals surface area contributed by atoms with E-state index >= 15 is 0 Å². The number of aromatic nitrogens is 2. The third-order valence-electron chi connectivity index (χ3n) is 6.22. The molecule has 3 N–H and O–H groups in total. The summed E-state index contributed by atoms with van der Waals surface area (Å²) in [5.41, 5.74) is 2.81. The number of carbonyl (C=O) groups excluding carboxylic acids is 1. The van der Waals surface area contributed by atoms with Crippen LogP contribution >= 0.6 is 0 Å². The van der Waals surface area contributed by atoms with E-state index in [-0.39, 0.29) is 49.1 Å². The van der Waals surface area contributed by atoms with Gasteiger partial charge < -0.3 is 20.2 Å². The Morgan fingerprint density at radius 2 is 1.55 bits per heavy atom. The molecule has 0 radical (unpaired) electrons. The Morgan fingerprint density at radius 1 is 0.974 bits per heavy atom. The maximum absolute atomic E-state index is 13.6. The van der Waals surface area contributed by atoms with Crippen LogP contribution in [0.25, 0.3) is 5.69 Å². The molecule has 0 aliphatic carbocycles. The number of nitrogens with zero attached hydrogens (tertiary/aromatic N) is 3. The molecule has 2 aromatic carbocycles. The molecule has 2 atom stereocenters. The first-order valence-corrected chi connectivity index (χ1v) is 12.4. The first-order chi connectivity index (χ1) is 18.0. The van der Waals surface area contributed by atoms with Gasteiger partial charge in [0.05, 0.1) is 24.3 Å². The van der Waals surface area contributed by atoms with Crippen LogP contribution in [-0.2, 0) is 17.8 Å². The number of hydrogen-bond acceptors (Lipinski definition) is 5. The van der Waals surface area contributed by atoms with Crippen LogP contribution in [-0.4, -0.2) is 61.1 Å². The molecule has 38 heavy (non-hydrogen) atoms. The van der Waals surface area contributed by atoms with Gasteiger partial charge in [0.25, 0.3) is 5.91 Å². The molecule has 10 heteroatoms. The van der Waals surface area contributed by atoms with E-state index in [0.717, 1.165) is 5.56 Å². The van der Waals surface area contributed by atoms with Gasteiger partial charge in [-0.15, -0.1) is 0 Å². The highest BCUT2D eigenvalue weighted by Gasteiger charge is 2.28. The SMILES string of the molecule is CC(C)c1c(C(=O)N(C)Cc2ccc(F)cc2)nn(-c2ccc(F)cc2)c1CCC(O)CC(O)CC(=O)O. The topological polar surface area (TPSA) is 116 Å². The van der Waals surface area contributed by atoms with Crippen molar-refractivity contribution in [2.24, 2.45) is 0 Å². The summed E-state index contributed by atoms with van der Waals surface area (Å²) in [7, 11) is 1.62. The number of aliphatic carboxylic acids is 1. The first-order valence-electron chi connectivity index (χ1n) is 12.4. The van der Waals surface area contributed by atoms with Crippen molar-refractivity contribution < 1.29 is 33.7 Å². The maximum Gasteiger partial charge on any atom is 0.305 e. The predicted molar refractivity (Wildman–Crippen MR) is 137 cm³/mol. The first kappa shape index (κ1) is 28.9. The predicted octanol–water partition coefficient (Wildman–Crippen LogP) is 4.07. The van der Waals surface area contributed by atoms with E-state index in [2.05, 4.69) is 5.10 Å². The molecule has 0 fully saturated rings. The van der Waals surface area contributed by atoms with Crippen molar-refractivity contribution in [2.75, 3.05) is 7.05 Å². The monoisotopic (exact) mass is 529 g/mol. The van der Waals surface area contributed by atoms with Crippen LogP contribution in [0.1, 0.15) is 66.3 Å². The molecule has 0 spiro atoms. The fourth-order valence-electron chi connectivity index (χ4n) is 4.40. The molecule has 204 valence electrons. The van der Waals surface area contributed by atoms with Crippen LogP contribution in [0.3, 0.4) is 0 Å². The van der Waals surface area contributed by atoms with Crippen LogP contribution in [0.2, 0.25) is 0 Å². The summed E-state index contributed by atoms with van der Waals surface area (Å²) in [6.45, 7) is 4.06. The second-order valence-electron chi connectivity index (χ2n) is 9.72. The fourth-order valence-corrected chi connectivity index (χ4v) is 4.40. The van der Waals surface area contributed by atoms with Gasteiger partial charge in [0, 0.05) is 24.8 Å². The van der Waals surface area contributed by atoms with Gasteiger partial charge in [-0.25, -0.2) is 13.5 Å². The van der Waals surface area contributed by atoms with Gasteiger partial charge >= 0.3 is 5.97 Å². The normalized spacial score (nSPS) is 12.9. The van der Waals surface area contributed by atoms with Crippen LogP contribution < -0.4 is 0 Å². The Balaban J connectivity index is 1.95. The van der Waals surface area contributed by atoms with Gasteiger partial charge in [0.2, 0.25) is 0 Å². The molecule has 3 aromatic rings. The van der Waals surface area contributed by atoms with E-state index in [1.165, 1.54) is 29.2 Å². The lowest BCUT2D eigenvalue weighted by Crippen LogP contribution is -2.27. The Labute approximate surface area is 220 Å². The second-order valence-corrected chi connectivity index (χ2v) is 9.72. The van der Waals surface area contributed by atoms with Crippen molar-refractivity contribution in [3.8, 4) is 5.69 Å². The smallest absolute Gasteiger partial charge is 0.305 e. The molecular formula is C28H33F2N3O5. The van der Waals surface area contributed by atoms with E-state index < -0.39 is 30.4 Å². The lowest BCUT2D eigenvalue weighted by molar-refractivity contribution is -0.139. The molecule has 0 bridgehead atoms. The number of amides is 1. The number of benzene rings is 2. The third-order valence-corrected chi connectivity index (χ3v) is 6.22.